The molecule has 0 saturated carbocycles. The summed E-state index contributed by atoms with van der Waals surface area (Å²) in [5, 5.41) is 10.0. The summed E-state index contributed by atoms with van der Waals surface area (Å²) in [4.78, 5) is -0.577. The van der Waals surface area contributed by atoms with Crippen LogP contribution in [0.5, 0.6) is 5.75 Å². The van der Waals surface area contributed by atoms with Gasteiger partial charge in [-0.2, -0.15) is 0 Å². The summed E-state index contributed by atoms with van der Waals surface area (Å²) in [7, 11) is -7.99. The lowest BCUT2D eigenvalue weighted by molar-refractivity contribution is 0.458. The van der Waals surface area contributed by atoms with E-state index in [2.05, 4.69) is 0 Å². The van der Waals surface area contributed by atoms with Gasteiger partial charge in [0.1, 0.15) is 10.6 Å². The van der Waals surface area contributed by atoms with Gasteiger partial charge in [0.2, 0.25) is 19.7 Å². The predicted octanol–water partition coefficient (Wildman–Crippen LogP) is 3.37. The lowest BCUT2D eigenvalue weighted by Crippen LogP contribution is -2.07. The molecule has 0 atom stereocenters. The minimum Gasteiger partial charge on any atom is -0.507 e. The van der Waals surface area contributed by atoms with Crippen LogP contribution in [-0.4, -0.2) is 21.9 Å². The molecule has 0 saturated heterocycles. The SMILES string of the molecule is Cc1ccccc1S(=O)(=O)c1ccc(O)c(S(=O)(=O)c2ccccc2)c1. The molecule has 0 heterocycles. The highest BCUT2D eigenvalue weighted by Crippen LogP contribution is 2.33. The van der Waals surface area contributed by atoms with Gasteiger partial charge in [-0.1, -0.05) is 36.4 Å². The Morgan fingerprint density at radius 3 is 1.88 bits per heavy atom. The number of sulfone groups is 2. The maximum Gasteiger partial charge on any atom is 0.210 e. The second-order valence-corrected chi connectivity index (χ2v) is 9.55. The predicted molar refractivity (Wildman–Crippen MR) is 96.6 cm³/mol. The molecule has 0 unspecified atom stereocenters. The van der Waals surface area contributed by atoms with Gasteiger partial charge in [-0.25, -0.2) is 16.8 Å². The number of hydrogen-bond donors (Lipinski definition) is 1. The zero-order chi connectivity index (χ0) is 18.9. The third kappa shape index (κ3) is 3.11. The van der Waals surface area contributed by atoms with E-state index in [4.69, 9.17) is 0 Å². The standard InChI is InChI=1S/C19H16O5S2/c1-14-7-5-6-10-18(14)26(23,24)16-11-12-17(20)19(13-16)25(21,22)15-8-3-2-4-9-15/h2-13,20H,1H3. The molecule has 0 bridgehead atoms. The van der Waals surface area contributed by atoms with E-state index < -0.39 is 30.3 Å². The van der Waals surface area contributed by atoms with Crippen LogP contribution in [0.15, 0.2) is 92.4 Å². The average molecular weight is 388 g/mol. The molecular weight excluding hydrogens is 372 g/mol. The van der Waals surface area contributed by atoms with Gasteiger partial charge in [0, 0.05) is 0 Å². The van der Waals surface area contributed by atoms with Crippen LogP contribution in [0.1, 0.15) is 5.56 Å². The van der Waals surface area contributed by atoms with Crippen molar-refractivity contribution in [2.24, 2.45) is 0 Å². The summed E-state index contributed by atoms with van der Waals surface area (Å²) in [5.74, 6) is -0.502. The molecule has 3 aromatic carbocycles. The fraction of sp³-hybridized carbons (Fsp3) is 0.0526. The Morgan fingerprint density at radius 1 is 0.654 bits per heavy atom. The number of aryl methyl sites for hydroxylation is 1. The fourth-order valence-corrected chi connectivity index (χ4v) is 5.58. The van der Waals surface area contributed by atoms with E-state index >= 15 is 0 Å². The largest absolute Gasteiger partial charge is 0.507 e. The van der Waals surface area contributed by atoms with Crippen molar-refractivity contribution >= 4 is 19.7 Å². The summed E-state index contributed by atoms with van der Waals surface area (Å²) >= 11 is 0. The van der Waals surface area contributed by atoms with Crippen LogP contribution in [0.2, 0.25) is 0 Å². The van der Waals surface area contributed by atoms with E-state index in [1.165, 1.54) is 24.3 Å². The summed E-state index contributed by atoms with van der Waals surface area (Å²) in [6, 6.07) is 17.3. The molecule has 3 aromatic rings. The van der Waals surface area contributed by atoms with Gasteiger partial charge in [-0.05, 0) is 48.9 Å². The quantitative estimate of drug-likeness (QED) is 0.740. The van der Waals surface area contributed by atoms with Crippen LogP contribution in [-0.2, 0) is 19.7 Å². The molecule has 3 rings (SSSR count). The number of hydrogen-bond acceptors (Lipinski definition) is 5. The molecule has 26 heavy (non-hydrogen) atoms. The zero-order valence-corrected chi connectivity index (χ0v) is 15.5. The molecule has 0 aromatic heterocycles. The second kappa shape index (κ2) is 6.59. The van der Waals surface area contributed by atoms with Crippen LogP contribution in [0.25, 0.3) is 0 Å². The lowest BCUT2D eigenvalue weighted by atomic mass is 10.2. The van der Waals surface area contributed by atoms with Crippen molar-refractivity contribution in [3.05, 3.63) is 78.4 Å². The molecule has 1 N–H and O–H groups in total. The maximum absolute atomic E-state index is 12.9. The first kappa shape index (κ1) is 18.2. The summed E-state index contributed by atoms with van der Waals surface area (Å²) in [6.45, 7) is 1.66. The molecule has 0 aliphatic rings. The molecular formula is C19H16O5S2. The smallest absolute Gasteiger partial charge is 0.210 e. The minimum absolute atomic E-state index is 0.0271. The summed E-state index contributed by atoms with van der Waals surface area (Å²) < 4.78 is 51.4. The van der Waals surface area contributed by atoms with Crippen molar-refractivity contribution in [2.75, 3.05) is 0 Å². The van der Waals surface area contributed by atoms with Gasteiger partial charge in [0.25, 0.3) is 0 Å². The van der Waals surface area contributed by atoms with Crippen LogP contribution in [0.4, 0.5) is 0 Å². The van der Waals surface area contributed by atoms with Crippen molar-refractivity contribution in [1.82, 2.24) is 0 Å². The van der Waals surface area contributed by atoms with Crippen molar-refractivity contribution in [3.63, 3.8) is 0 Å². The molecule has 0 aliphatic heterocycles. The van der Waals surface area contributed by atoms with Gasteiger partial charge in [0.05, 0.1) is 14.7 Å². The van der Waals surface area contributed by atoms with E-state index in [9.17, 15) is 21.9 Å². The second-order valence-electron chi connectivity index (χ2n) is 5.71. The number of rotatable bonds is 4. The van der Waals surface area contributed by atoms with Gasteiger partial charge >= 0.3 is 0 Å². The van der Waals surface area contributed by atoms with Crippen LogP contribution in [0, 0.1) is 6.92 Å². The minimum atomic E-state index is -4.06. The van der Waals surface area contributed by atoms with E-state index in [0.717, 1.165) is 12.1 Å². The third-order valence-electron chi connectivity index (χ3n) is 3.97. The summed E-state index contributed by atoms with van der Waals surface area (Å²) in [5.41, 5.74) is 0.549. The Labute approximate surface area is 152 Å². The number of phenols is 1. The van der Waals surface area contributed by atoms with E-state index in [0.29, 0.717) is 5.56 Å². The Morgan fingerprint density at radius 2 is 1.23 bits per heavy atom. The van der Waals surface area contributed by atoms with E-state index in [-0.39, 0.29) is 14.7 Å². The normalized spacial score (nSPS) is 12.0. The van der Waals surface area contributed by atoms with Crippen LogP contribution in [0.3, 0.4) is 0 Å². The molecule has 0 fully saturated rings. The monoisotopic (exact) mass is 388 g/mol. The van der Waals surface area contributed by atoms with Crippen molar-refractivity contribution in [3.8, 4) is 5.75 Å². The van der Waals surface area contributed by atoms with Crippen LogP contribution < -0.4 is 0 Å². The Bertz CT molecular complexity index is 1170. The third-order valence-corrected chi connectivity index (χ3v) is 7.68. The number of phenolic OH excluding ortho intramolecular Hbond substituents is 1. The molecule has 7 heteroatoms. The highest BCUT2D eigenvalue weighted by Gasteiger charge is 2.26. The van der Waals surface area contributed by atoms with Gasteiger partial charge in [-0.3, -0.25) is 0 Å². The number of aromatic hydroxyl groups is 1. The highest BCUT2D eigenvalue weighted by atomic mass is 32.2. The first-order valence-corrected chi connectivity index (χ1v) is 10.6. The zero-order valence-electron chi connectivity index (χ0n) is 13.8. The van der Waals surface area contributed by atoms with Gasteiger partial charge < -0.3 is 5.11 Å². The average Bonchev–Trinajstić information content (AvgIpc) is 2.62. The van der Waals surface area contributed by atoms with E-state index in [1.807, 2.05) is 0 Å². The molecule has 5 nitrogen and oxygen atoms in total. The summed E-state index contributed by atoms with van der Waals surface area (Å²) in [6.07, 6.45) is 0. The first-order valence-electron chi connectivity index (χ1n) is 7.68. The maximum atomic E-state index is 12.9. The van der Waals surface area contributed by atoms with Crippen molar-refractivity contribution in [2.45, 2.75) is 26.5 Å². The molecule has 134 valence electrons. The molecule has 0 spiro atoms. The Kier molecular flexibility index (Phi) is 4.60. The first-order chi connectivity index (χ1) is 12.2. The van der Waals surface area contributed by atoms with Gasteiger partial charge in [-0.15, -0.1) is 0 Å². The highest BCUT2D eigenvalue weighted by molar-refractivity contribution is 7.92. The molecule has 0 radical (unpaired) electrons. The topological polar surface area (TPSA) is 88.5 Å². The lowest BCUT2D eigenvalue weighted by Gasteiger charge is -2.11. The van der Waals surface area contributed by atoms with Gasteiger partial charge in [0.15, 0.2) is 0 Å². The van der Waals surface area contributed by atoms with Crippen LogP contribution >= 0.6 is 0 Å². The molecule has 0 aliphatic carbocycles. The Balaban J connectivity index is 2.20. The van der Waals surface area contributed by atoms with E-state index in [1.54, 1.807) is 43.3 Å². The fourth-order valence-electron chi connectivity index (χ4n) is 2.59. The molecule has 0 amide bonds. The Hall–Kier alpha value is -2.64. The van der Waals surface area contributed by atoms with Crippen molar-refractivity contribution in [1.29, 1.82) is 0 Å². The van der Waals surface area contributed by atoms with Crippen molar-refractivity contribution < 1.29 is 21.9 Å². The number of benzene rings is 3.